The van der Waals surface area contributed by atoms with Gasteiger partial charge in [-0.15, -0.1) is 0 Å². The first-order chi connectivity index (χ1) is 14.5. The highest BCUT2D eigenvalue weighted by atomic mass is 32.2. The van der Waals surface area contributed by atoms with E-state index in [2.05, 4.69) is 17.4 Å². The highest BCUT2D eigenvalue weighted by Crippen LogP contribution is 2.22. The molecule has 0 radical (unpaired) electrons. The van der Waals surface area contributed by atoms with Crippen molar-refractivity contribution in [2.24, 2.45) is 0 Å². The van der Waals surface area contributed by atoms with Crippen molar-refractivity contribution in [2.45, 2.75) is 29.7 Å². The van der Waals surface area contributed by atoms with Crippen molar-refractivity contribution in [2.75, 3.05) is 13.2 Å². The zero-order valence-corrected chi connectivity index (χ0v) is 17.7. The van der Waals surface area contributed by atoms with E-state index >= 15 is 0 Å². The molecule has 3 aromatic rings. The molecule has 156 valence electrons. The van der Waals surface area contributed by atoms with E-state index in [9.17, 15) is 13.2 Å². The molecule has 0 fully saturated rings. The van der Waals surface area contributed by atoms with Gasteiger partial charge in [-0.05, 0) is 67.4 Å². The van der Waals surface area contributed by atoms with Gasteiger partial charge in [0.15, 0.2) is 0 Å². The number of sulfone groups is 1. The molecular formula is C24H25NO4S. The van der Waals surface area contributed by atoms with E-state index in [0.29, 0.717) is 5.56 Å². The normalized spacial score (nSPS) is 11.2. The van der Waals surface area contributed by atoms with Gasteiger partial charge < -0.3 is 10.1 Å². The number of rotatable bonds is 9. The number of ether oxygens (including phenoxy) is 1. The van der Waals surface area contributed by atoms with Crippen molar-refractivity contribution in [3.05, 3.63) is 95.6 Å². The number of nitrogens with one attached hydrogen (secondary N) is 1. The Hall–Kier alpha value is -2.96. The molecule has 0 saturated carbocycles. The average Bonchev–Trinajstić information content (AvgIpc) is 2.78. The van der Waals surface area contributed by atoms with Gasteiger partial charge in [-0.3, -0.25) is 0 Å². The Morgan fingerprint density at radius 1 is 0.833 bits per heavy atom. The number of hydrogen-bond donors (Lipinski definition) is 1. The van der Waals surface area contributed by atoms with Gasteiger partial charge in [0.25, 0.3) is 0 Å². The summed E-state index contributed by atoms with van der Waals surface area (Å²) < 4.78 is 30.6. The summed E-state index contributed by atoms with van der Waals surface area (Å²) in [7, 11) is -3.64. The van der Waals surface area contributed by atoms with Gasteiger partial charge in [0.1, 0.15) is 0 Å². The van der Waals surface area contributed by atoms with E-state index in [4.69, 9.17) is 4.74 Å². The fourth-order valence-electron chi connectivity index (χ4n) is 3.02. The van der Waals surface area contributed by atoms with E-state index in [1.54, 1.807) is 19.1 Å². The first-order valence-corrected chi connectivity index (χ1v) is 11.3. The van der Waals surface area contributed by atoms with Crippen LogP contribution in [0.15, 0.2) is 88.7 Å². The molecular weight excluding hydrogens is 398 g/mol. The SMILES string of the molecule is CCOC(=O)c1ccc(S(=O)(=O)c2ccc(CCNCc3ccccc3)cc2)cc1. The van der Waals surface area contributed by atoms with Crippen molar-refractivity contribution >= 4 is 15.8 Å². The van der Waals surface area contributed by atoms with E-state index in [0.717, 1.165) is 25.1 Å². The molecule has 0 aliphatic heterocycles. The fourth-order valence-corrected chi connectivity index (χ4v) is 4.28. The molecule has 30 heavy (non-hydrogen) atoms. The van der Waals surface area contributed by atoms with Crippen LogP contribution in [0, 0.1) is 0 Å². The molecule has 0 saturated heterocycles. The van der Waals surface area contributed by atoms with Gasteiger partial charge >= 0.3 is 5.97 Å². The number of benzene rings is 3. The zero-order valence-electron chi connectivity index (χ0n) is 16.9. The molecule has 0 aliphatic rings. The second-order valence-electron chi connectivity index (χ2n) is 6.80. The minimum atomic E-state index is -3.64. The van der Waals surface area contributed by atoms with Crippen LogP contribution in [-0.2, 0) is 27.5 Å². The molecule has 5 nitrogen and oxygen atoms in total. The molecule has 0 amide bonds. The lowest BCUT2D eigenvalue weighted by Gasteiger charge is -2.08. The lowest BCUT2D eigenvalue weighted by Crippen LogP contribution is -2.16. The quantitative estimate of drug-likeness (QED) is 0.416. The third-order valence-electron chi connectivity index (χ3n) is 4.67. The summed E-state index contributed by atoms with van der Waals surface area (Å²) in [5.74, 6) is -0.466. The molecule has 6 heteroatoms. The Kier molecular flexibility index (Phi) is 7.38. The predicted molar refractivity (Wildman–Crippen MR) is 116 cm³/mol. The minimum absolute atomic E-state index is 0.146. The summed E-state index contributed by atoms with van der Waals surface area (Å²) in [5, 5.41) is 3.39. The molecule has 0 bridgehead atoms. The minimum Gasteiger partial charge on any atom is -0.462 e. The highest BCUT2D eigenvalue weighted by Gasteiger charge is 2.18. The maximum Gasteiger partial charge on any atom is 0.338 e. The third-order valence-corrected chi connectivity index (χ3v) is 6.46. The Balaban J connectivity index is 1.59. The van der Waals surface area contributed by atoms with Crippen LogP contribution in [0.1, 0.15) is 28.4 Å². The largest absolute Gasteiger partial charge is 0.462 e. The maximum atomic E-state index is 12.8. The first-order valence-electron chi connectivity index (χ1n) is 9.86. The number of hydrogen-bond acceptors (Lipinski definition) is 5. The van der Waals surface area contributed by atoms with Gasteiger partial charge in [0.05, 0.1) is 22.0 Å². The number of carbonyl (C=O) groups excluding carboxylic acids is 1. The van der Waals surface area contributed by atoms with Crippen molar-refractivity contribution in [1.29, 1.82) is 0 Å². The molecule has 0 spiro atoms. The van der Waals surface area contributed by atoms with Crippen LogP contribution in [-0.4, -0.2) is 27.5 Å². The molecule has 0 heterocycles. The van der Waals surface area contributed by atoms with E-state index < -0.39 is 15.8 Å². The summed E-state index contributed by atoms with van der Waals surface area (Å²) in [6, 6.07) is 22.9. The van der Waals surface area contributed by atoms with Crippen molar-refractivity contribution in [3.8, 4) is 0 Å². The monoisotopic (exact) mass is 423 g/mol. The van der Waals surface area contributed by atoms with Crippen LogP contribution in [0.3, 0.4) is 0 Å². The topological polar surface area (TPSA) is 72.5 Å². The Morgan fingerprint density at radius 2 is 1.43 bits per heavy atom. The smallest absolute Gasteiger partial charge is 0.338 e. The summed E-state index contributed by atoms with van der Waals surface area (Å²) in [5.41, 5.74) is 2.62. The Morgan fingerprint density at radius 3 is 2.03 bits per heavy atom. The van der Waals surface area contributed by atoms with Crippen LogP contribution in [0.25, 0.3) is 0 Å². The number of carbonyl (C=O) groups is 1. The van der Waals surface area contributed by atoms with Gasteiger partial charge in [0, 0.05) is 6.54 Å². The lowest BCUT2D eigenvalue weighted by atomic mass is 10.1. The molecule has 0 aromatic heterocycles. The summed E-state index contributed by atoms with van der Waals surface area (Å²) in [6.07, 6.45) is 0.807. The van der Waals surface area contributed by atoms with E-state index in [1.807, 2.05) is 30.3 Å². The maximum absolute atomic E-state index is 12.8. The molecule has 3 rings (SSSR count). The van der Waals surface area contributed by atoms with E-state index in [1.165, 1.54) is 29.8 Å². The van der Waals surface area contributed by atoms with Crippen molar-refractivity contribution in [3.63, 3.8) is 0 Å². The highest BCUT2D eigenvalue weighted by molar-refractivity contribution is 7.91. The van der Waals surface area contributed by atoms with Crippen LogP contribution >= 0.6 is 0 Å². The Bertz CT molecular complexity index is 1060. The average molecular weight is 424 g/mol. The molecule has 3 aromatic carbocycles. The second-order valence-corrected chi connectivity index (χ2v) is 8.75. The zero-order chi connectivity index (χ0) is 21.4. The number of esters is 1. The van der Waals surface area contributed by atoms with Crippen LogP contribution < -0.4 is 5.32 Å². The standard InChI is InChI=1S/C24H25NO4S/c1-2-29-24(26)21-10-14-23(15-11-21)30(27,28)22-12-8-19(9-13-22)16-17-25-18-20-6-4-3-5-7-20/h3-15,25H,2,16-18H2,1H3. The summed E-state index contributed by atoms with van der Waals surface area (Å²) in [4.78, 5) is 12.1. The van der Waals surface area contributed by atoms with Crippen LogP contribution in [0.2, 0.25) is 0 Å². The van der Waals surface area contributed by atoms with Gasteiger partial charge in [-0.2, -0.15) is 0 Å². The van der Waals surface area contributed by atoms with Crippen molar-refractivity contribution in [1.82, 2.24) is 5.32 Å². The van der Waals surface area contributed by atoms with Crippen molar-refractivity contribution < 1.29 is 17.9 Å². The van der Waals surface area contributed by atoms with E-state index in [-0.39, 0.29) is 16.4 Å². The van der Waals surface area contributed by atoms with Crippen LogP contribution in [0.5, 0.6) is 0 Å². The van der Waals surface area contributed by atoms with Gasteiger partial charge in [-0.1, -0.05) is 42.5 Å². The van der Waals surface area contributed by atoms with Gasteiger partial charge in [0.2, 0.25) is 9.84 Å². The molecule has 0 unspecified atom stereocenters. The fraction of sp³-hybridized carbons (Fsp3) is 0.208. The first kappa shape index (κ1) is 21.7. The molecule has 1 N–H and O–H groups in total. The summed E-state index contributed by atoms with van der Waals surface area (Å²) in [6.45, 7) is 3.60. The Labute approximate surface area is 177 Å². The predicted octanol–water partition coefficient (Wildman–Crippen LogP) is 4.03. The lowest BCUT2D eigenvalue weighted by molar-refractivity contribution is 0.0526. The third kappa shape index (κ3) is 5.55. The second kappa shape index (κ2) is 10.2. The molecule has 0 atom stereocenters. The van der Waals surface area contributed by atoms with Gasteiger partial charge in [-0.25, -0.2) is 13.2 Å². The molecule has 0 aliphatic carbocycles. The summed E-state index contributed by atoms with van der Waals surface area (Å²) >= 11 is 0. The van der Waals surface area contributed by atoms with Crippen LogP contribution in [0.4, 0.5) is 0 Å².